The van der Waals surface area contributed by atoms with Crippen LogP contribution in [-0.4, -0.2) is 11.2 Å². The van der Waals surface area contributed by atoms with Crippen molar-refractivity contribution in [1.82, 2.24) is 0 Å². The molecule has 5 aliphatic rings. The van der Waals surface area contributed by atoms with Crippen molar-refractivity contribution in [3.8, 4) is 0 Å². The summed E-state index contributed by atoms with van der Waals surface area (Å²) < 4.78 is 5.85. The highest BCUT2D eigenvalue weighted by Gasteiger charge is 2.71. The zero-order chi connectivity index (χ0) is 7.81. The van der Waals surface area contributed by atoms with E-state index in [1.807, 2.05) is 0 Å². The molecule has 4 aliphatic carbocycles. The van der Waals surface area contributed by atoms with E-state index in [2.05, 4.69) is 36.5 Å². The second-order valence-corrected chi connectivity index (χ2v) is 3.91. The van der Waals surface area contributed by atoms with Crippen molar-refractivity contribution in [1.29, 1.82) is 0 Å². The Morgan fingerprint density at radius 3 is 2.92 bits per heavy atom. The van der Waals surface area contributed by atoms with Gasteiger partial charge in [-0.1, -0.05) is 18.2 Å². The van der Waals surface area contributed by atoms with Gasteiger partial charge in [-0.25, -0.2) is 0 Å². The van der Waals surface area contributed by atoms with Crippen molar-refractivity contribution < 1.29 is 4.74 Å². The van der Waals surface area contributed by atoms with Crippen LogP contribution >= 0.6 is 0 Å². The monoisotopic (exact) mass is 156 g/mol. The van der Waals surface area contributed by atoms with Crippen molar-refractivity contribution in [3.05, 3.63) is 47.6 Å². The molecule has 2 unspecified atom stereocenters. The van der Waals surface area contributed by atoms with Gasteiger partial charge >= 0.3 is 0 Å². The summed E-state index contributed by atoms with van der Waals surface area (Å²) >= 11 is 0. The first kappa shape index (κ1) is 5.55. The molecule has 1 heteroatoms. The largest absolute Gasteiger partial charge is 0.344 e. The highest BCUT2D eigenvalue weighted by Crippen LogP contribution is 2.65. The second kappa shape index (κ2) is 1.27. The van der Waals surface area contributed by atoms with Gasteiger partial charge in [-0.15, -0.1) is 0 Å². The van der Waals surface area contributed by atoms with Crippen LogP contribution < -0.4 is 0 Å². The number of hydrogen-bond donors (Lipinski definition) is 0. The summed E-state index contributed by atoms with van der Waals surface area (Å²) in [6.07, 6.45) is 14.2. The quantitative estimate of drug-likeness (QED) is 0.488. The fourth-order valence-electron chi connectivity index (χ4n) is 2.58. The minimum Gasteiger partial charge on any atom is -0.344 e. The summed E-state index contributed by atoms with van der Waals surface area (Å²) in [5.41, 5.74) is 2.81. The first-order chi connectivity index (χ1) is 5.85. The topological polar surface area (TPSA) is 12.5 Å². The minimum absolute atomic E-state index is 0.0382. The summed E-state index contributed by atoms with van der Waals surface area (Å²) in [6, 6.07) is 0. The average Bonchev–Trinajstić information content (AvgIpc) is 2.70. The third kappa shape index (κ3) is 0.351. The summed E-state index contributed by atoms with van der Waals surface area (Å²) in [5, 5.41) is 0. The van der Waals surface area contributed by atoms with Crippen LogP contribution in [0.15, 0.2) is 47.6 Å². The Kier molecular flexibility index (Phi) is 0.587. The van der Waals surface area contributed by atoms with Crippen molar-refractivity contribution in [2.45, 2.75) is 17.6 Å². The zero-order valence-electron chi connectivity index (χ0n) is 6.58. The number of ether oxygens (including phenoxy) is 1. The van der Waals surface area contributed by atoms with E-state index in [1.165, 1.54) is 11.1 Å². The lowest BCUT2D eigenvalue weighted by Crippen LogP contribution is -2.32. The molecule has 0 aromatic rings. The first-order valence-corrected chi connectivity index (χ1v) is 4.35. The molecule has 0 saturated carbocycles. The number of allylic oxidation sites excluding steroid dienone is 4. The molecule has 0 amide bonds. The summed E-state index contributed by atoms with van der Waals surface area (Å²) in [5.74, 6) is 0. The lowest BCUT2D eigenvalue weighted by molar-refractivity contribution is 0.345. The van der Waals surface area contributed by atoms with Crippen LogP contribution in [0.3, 0.4) is 0 Å². The van der Waals surface area contributed by atoms with Gasteiger partial charge in [0.1, 0.15) is 11.2 Å². The molecule has 12 heavy (non-hydrogen) atoms. The maximum absolute atomic E-state index is 5.85. The molecule has 1 nitrogen and oxygen atoms in total. The van der Waals surface area contributed by atoms with E-state index >= 15 is 0 Å². The van der Waals surface area contributed by atoms with Crippen LogP contribution in [-0.2, 0) is 4.74 Å². The third-order valence-electron chi connectivity index (χ3n) is 3.29. The molecule has 0 spiro atoms. The van der Waals surface area contributed by atoms with Gasteiger partial charge in [0, 0.05) is 0 Å². The Hall–Kier alpha value is -1.08. The van der Waals surface area contributed by atoms with E-state index in [0.29, 0.717) is 0 Å². The Balaban J connectivity index is 2.05. The summed E-state index contributed by atoms with van der Waals surface area (Å²) in [6.45, 7) is 0. The Morgan fingerprint density at radius 2 is 2.08 bits per heavy atom. The number of epoxide rings is 1. The predicted octanol–water partition coefficient (Wildman–Crippen LogP) is 1.89. The van der Waals surface area contributed by atoms with Gasteiger partial charge in [-0.3, -0.25) is 0 Å². The molecule has 1 saturated heterocycles. The first-order valence-electron chi connectivity index (χ1n) is 4.35. The van der Waals surface area contributed by atoms with E-state index in [4.69, 9.17) is 4.74 Å². The summed E-state index contributed by atoms with van der Waals surface area (Å²) in [4.78, 5) is 0. The third-order valence-corrected chi connectivity index (χ3v) is 3.29. The van der Waals surface area contributed by atoms with Crippen LogP contribution in [0.1, 0.15) is 6.42 Å². The smallest absolute Gasteiger partial charge is 0.146 e. The Morgan fingerprint density at radius 1 is 1.25 bits per heavy atom. The van der Waals surface area contributed by atoms with Crippen LogP contribution in [0.4, 0.5) is 0 Å². The SMILES string of the molecule is C1=CC23C=C4C=C(C4)C2(C=C1)O3. The fraction of sp³-hybridized carbons (Fsp3) is 0.273. The molecule has 58 valence electrons. The highest BCUT2D eigenvalue weighted by molar-refractivity contribution is 5.65. The van der Waals surface area contributed by atoms with Crippen LogP contribution in [0, 0.1) is 0 Å². The molecule has 1 fully saturated rings. The lowest BCUT2D eigenvalue weighted by atomic mass is 9.69. The maximum atomic E-state index is 5.85. The molecule has 0 aromatic carbocycles. The fourth-order valence-corrected chi connectivity index (χ4v) is 2.58. The Bertz CT molecular complexity index is 411. The minimum atomic E-state index is -0.0561. The predicted molar refractivity (Wildman–Crippen MR) is 45.6 cm³/mol. The van der Waals surface area contributed by atoms with Gasteiger partial charge in [0.2, 0.25) is 0 Å². The summed E-state index contributed by atoms with van der Waals surface area (Å²) in [7, 11) is 0. The van der Waals surface area contributed by atoms with E-state index in [-0.39, 0.29) is 11.2 Å². The van der Waals surface area contributed by atoms with Crippen molar-refractivity contribution in [2.24, 2.45) is 0 Å². The lowest BCUT2D eigenvalue weighted by Gasteiger charge is -2.30. The average molecular weight is 156 g/mol. The van der Waals surface area contributed by atoms with Gasteiger partial charge < -0.3 is 4.74 Å². The molecular formula is C11H8O. The van der Waals surface area contributed by atoms with Crippen LogP contribution in [0.2, 0.25) is 0 Å². The maximum Gasteiger partial charge on any atom is 0.146 e. The van der Waals surface area contributed by atoms with Crippen molar-refractivity contribution >= 4 is 0 Å². The number of rotatable bonds is 0. The Labute approximate surface area is 70.7 Å². The van der Waals surface area contributed by atoms with Crippen LogP contribution in [0.5, 0.6) is 0 Å². The standard InChI is InChI=1S/C11H8O/c1-2-4-11-9-5-8(6-9)7-10(11,3-1)12-11/h1-5,7H,6H2. The molecule has 0 radical (unpaired) electrons. The van der Waals surface area contributed by atoms with E-state index < -0.39 is 0 Å². The van der Waals surface area contributed by atoms with Gasteiger partial charge in [0.15, 0.2) is 0 Å². The molecule has 0 N–H and O–H groups in total. The van der Waals surface area contributed by atoms with Crippen LogP contribution in [0.25, 0.3) is 0 Å². The molecule has 2 atom stereocenters. The van der Waals surface area contributed by atoms with Gasteiger partial charge in [0.25, 0.3) is 0 Å². The molecule has 2 bridgehead atoms. The molecule has 5 rings (SSSR count). The molecular weight excluding hydrogens is 148 g/mol. The highest BCUT2D eigenvalue weighted by atomic mass is 16.6. The molecule has 1 heterocycles. The molecule has 1 aliphatic heterocycles. The normalized spacial score (nSPS) is 50.0. The van der Waals surface area contributed by atoms with Crippen molar-refractivity contribution in [3.63, 3.8) is 0 Å². The second-order valence-electron chi connectivity index (χ2n) is 3.91. The van der Waals surface area contributed by atoms with Gasteiger partial charge in [-0.05, 0) is 35.8 Å². The molecule has 0 aromatic heterocycles. The van der Waals surface area contributed by atoms with E-state index in [0.717, 1.165) is 6.42 Å². The van der Waals surface area contributed by atoms with E-state index in [9.17, 15) is 0 Å². The van der Waals surface area contributed by atoms with Gasteiger partial charge in [0.05, 0.1) is 0 Å². The van der Waals surface area contributed by atoms with Gasteiger partial charge in [-0.2, -0.15) is 0 Å². The number of hydrogen-bond acceptors (Lipinski definition) is 1. The van der Waals surface area contributed by atoms with E-state index in [1.54, 1.807) is 0 Å². The zero-order valence-corrected chi connectivity index (χ0v) is 6.58. The van der Waals surface area contributed by atoms with Crippen molar-refractivity contribution in [2.75, 3.05) is 0 Å².